The zero-order valence-corrected chi connectivity index (χ0v) is 29.4. The molecule has 5 rings (SSSR count). The fourth-order valence-corrected chi connectivity index (χ4v) is 41.8. The van der Waals surface area contributed by atoms with Crippen LogP contribution in [0.5, 0.6) is 0 Å². The van der Waals surface area contributed by atoms with E-state index in [2.05, 4.69) is 0 Å². The number of hydrogen-bond donors (Lipinski definition) is 0. The second-order valence-electron chi connectivity index (χ2n) is 10.6. The summed E-state index contributed by atoms with van der Waals surface area (Å²) in [5, 5.41) is -1.55. The summed E-state index contributed by atoms with van der Waals surface area (Å²) in [5.74, 6) is -23.9. The molecule has 0 fully saturated rings. The zero-order valence-electron chi connectivity index (χ0n) is 24.4. The first-order valence-corrected chi connectivity index (χ1v) is 22.8. The minimum atomic E-state index is -5.53. The van der Waals surface area contributed by atoms with Gasteiger partial charge in [-0.15, -0.1) is 24.8 Å². The van der Waals surface area contributed by atoms with Crippen molar-refractivity contribution in [3.8, 4) is 0 Å². The molecular formula is C31H26BCl2F10PZr. The maximum atomic E-state index is 16.0. The van der Waals surface area contributed by atoms with Gasteiger partial charge in [-0.1, -0.05) is 0 Å². The van der Waals surface area contributed by atoms with Gasteiger partial charge in [-0.2, -0.15) is 0 Å². The molecule has 0 aliphatic heterocycles. The Bertz CT molecular complexity index is 1650. The van der Waals surface area contributed by atoms with Crippen LogP contribution < -0.4 is 10.9 Å². The summed E-state index contributed by atoms with van der Waals surface area (Å²) in [6.07, 6.45) is 7.54. The zero-order chi connectivity index (χ0) is 32.2. The van der Waals surface area contributed by atoms with E-state index in [1.165, 1.54) is 0 Å². The molecule has 2 atom stereocenters. The molecule has 0 saturated heterocycles. The van der Waals surface area contributed by atoms with Gasteiger partial charge in [0, 0.05) is 0 Å². The summed E-state index contributed by atoms with van der Waals surface area (Å²) < 4.78 is 150. The van der Waals surface area contributed by atoms with Crippen molar-refractivity contribution in [3.05, 3.63) is 121 Å². The number of halogens is 12. The van der Waals surface area contributed by atoms with Crippen LogP contribution >= 0.6 is 30.0 Å². The van der Waals surface area contributed by atoms with Crippen LogP contribution in [-0.4, -0.2) is 16.6 Å². The number of fused-ring (bicyclic) bond motifs is 1. The van der Waals surface area contributed by atoms with E-state index in [0.29, 0.717) is 32.3 Å². The maximum absolute atomic E-state index is 16.0. The average molecular weight is 792 g/mol. The Morgan fingerprint density at radius 3 is 1.52 bits per heavy atom. The Kier molecular flexibility index (Phi) is 12.3. The predicted molar refractivity (Wildman–Crippen MR) is 165 cm³/mol. The molecule has 2 aliphatic carbocycles. The van der Waals surface area contributed by atoms with Crippen molar-refractivity contribution in [2.75, 3.05) is 12.3 Å². The van der Waals surface area contributed by atoms with E-state index in [4.69, 9.17) is 0 Å². The quantitative estimate of drug-likeness (QED) is 0.0702. The van der Waals surface area contributed by atoms with Gasteiger partial charge < -0.3 is 0 Å². The van der Waals surface area contributed by atoms with Gasteiger partial charge in [0.1, 0.15) is 0 Å². The number of benzene rings is 3. The predicted octanol–water partition coefficient (Wildman–Crippen LogP) is 9.62. The first-order chi connectivity index (χ1) is 20.9. The van der Waals surface area contributed by atoms with E-state index >= 15 is 17.6 Å². The molecule has 0 N–H and O–H groups in total. The monoisotopic (exact) mass is 790 g/mol. The summed E-state index contributed by atoms with van der Waals surface area (Å²) >= 11 is -5.53. The second-order valence-corrected chi connectivity index (χ2v) is 30.5. The third-order valence-electron chi connectivity index (χ3n) is 8.71. The van der Waals surface area contributed by atoms with Gasteiger partial charge >= 0.3 is 254 Å². The Labute approximate surface area is 277 Å². The van der Waals surface area contributed by atoms with Crippen molar-refractivity contribution in [2.24, 2.45) is 0 Å². The van der Waals surface area contributed by atoms with Crippen molar-refractivity contribution in [1.29, 1.82) is 0 Å². The Morgan fingerprint density at radius 2 is 1.11 bits per heavy atom. The topological polar surface area (TPSA) is 0 Å². The molecule has 3 aromatic rings. The Hall–Kier alpha value is -1.86. The van der Waals surface area contributed by atoms with Gasteiger partial charge in [0.05, 0.1) is 0 Å². The Morgan fingerprint density at radius 1 is 0.674 bits per heavy atom. The minimum absolute atomic E-state index is 0. The third-order valence-corrected chi connectivity index (χ3v) is 39.4. The minimum Gasteiger partial charge on any atom is -0.147 e. The molecule has 0 amide bonds. The standard InChI is InChI=1S/C12BF10.C9H7.C6H7.C4H10P.2ClH.Zr/c14-3-1(4(15)8(19)11(22)7(3)18)13-2-5(16)9(20)12(23)10(21)6(2)17;1-2-5-9-7-3-6-8(9)4-1;1-6-4-2-3-5-6;1-3-5-4-2;;;/h;1-7H;2,4H,3H2,1H3;3-4H2,1-2H3;2*1H;/q+1;;;-1;;;. The second kappa shape index (κ2) is 14.7. The number of hydrogen-bond acceptors (Lipinski definition) is 0. The van der Waals surface area contributed by atoms with E-state index in [1.807, 2.05) is 0 Å². The van der Waals surface area contributed by atoms with E-state index < -0.39 is 102 Å². The van der Waals surface area contributed by atoms with Crippen LogP contribution in [0.1, 0.15) is 41.9 Å². The smallest absolute Gasteiger partial charge is 0.147 e. The van der Waals surface area contributed by atoms with Gasteiger partial charge in [-0.25, -0.2) is 0 Å². The van der Waals surface area contributed by atoms with Crippen LogP contribution in [-0.2, 0) is 19.5 Å². The fraction of sp³-hybridized carbons (Fsp3) is 0.226. The maximum Gasteiger partial charge on any atom is -0.147 e. The van der Waals surface area contributed by atoms with Crippen molar-refractivity contribution in [2.45, 2.75) is 30.8 Å². The van der Waals surface area contributed by atoms with E-state index in [0.717, 1.165) is 0 Å². The largest absolute Gasteiger partial charge is 0.147 e. The van der Waals surface area contributed by atoms with Gasteiger partial charge in [0.25, 0.3) is 0 Å². The first kappa shape index (κ1) is 38.6. The van der Waals surface area contributed by atoms with Crippen molar-refractivity contribution in [3.63, 3.8) is 0 Å². The van der Waals surface area contributed by atoms with Gasteiger partial charge in [-0.05, 0) is 0 Å². The van der Waals surface area contributed by atoms with E-state index in [1.54, 1.807) is 69.3 Å². The summed E-state index contributed by atoms with van der Waals surface area (Å²) in [7, 11) is 0. The van der Waals surface area contributed by atoms with Crippen molar-refractivity contribution >= 4 is 51.3 Å². The summed E-state index contributed by atoms with van der Waals surface area (Å²) in [4.78, 5) is 0. The molecule has 0 nitrogen and oxygen atoms in total. The SMILES string of the molecule is CC[P](CC)[Zr]([B](c1c(F)c(F)c(F)c(F)c1F)c1c(F)c(F)c(F)c(F)c1F)([C]1=C(C)C=CC1)[CH]1C=Cc2ccccc21.Cl.Cl. The normalized spacial score (nSPS) is 16.4. The van der Waals surface area contributed by atoms with Crippen LogP contribution in [0, 0.1) is 58.2 Å². The van der Waals surface area contributed by atoms with Crippen LogP contribution in [0.25, 0.3) is 6.08 Å². The van der Waals surface area contributed by atoms with Crippen LogP contribution in [0.2, 0.25) is 0 Å². The van der Waals surface area contributed by atoms with Crippen LogP contribution in [0.4, 0.5) is 43.9 Å². The molecule has 15 heteroatoms. The summed E-state index contributed by atoms with van der Waals surface area (Å²) in [6.45, 7) is 5.16. The Balaban J connectivity index is 0.00000288. The molecule has 0 aromatic heterocycles. The summed E-state index contributed by atoms with van der Waals surface area (Å²) in [6, 6.07) is 6.84. The van der Waals surface area contributed by atoms with Gasteiger partial charge in [-0.3, -0.25) is 0 Å². The van der Waals surface area contributed by atoms with Gasteiger partial charge in [0.15, 0.2) is 0 Å². The molecule has 46 heavy (non-hydrogen) atoms. The van der Waals surface area contributed by atoms with E-state index in [9.17, 15) is 26.3 Å². The molecule has 0 saturated carbocycles. The van der Waals surface area contributed by atoms with Crippen LogP contribution in [0.3, 0.4) is 0 Å². The molecule has 0 radical (unpaired) electrons. The molecular weight excluding hydrogens is 766 g/mol. The summed E-state index contributed by atoms with van der Waals surface area (Å²) in [5.41, 5.74) is -1.30. The first-order valence-electron chi connectivity index (χ1n) is 13.8. The molecule has 3 aromatic carbocycles. The molecule has 0 bridgehead atoms. The molecule has 246 valence electrons. The number of allylic oxidation sites excluding steroid dienone is 5. The fourth-order valence-electron chi connectivity index (χ4n) is 6.92. The van der Waals surface area contributed by atoms with Crippen LogP contribution in [0.15, 0.2) is 51.3 Å². The number of rotatable bonds is 8. The third kappa shape index (κ3) is 5.67. The van der Waals surface area contributed by atoms with Crippen molar-refractivity contribution in [1.82, 2.24) is 0 Å². The average Bonchev–Trinajstić information content (AvgIpc) is 3.66. The molecule has 0 heterocycles. The van der Waals surface area contributed by atoms with E-state index in [-0.39, 0.29) is 31.2 Å². The molecule has 2 unspecified atom stereocenters. The van der Waals surface area contributed by atoms with Crippen molar-refractivity contribution < 1.29 is 63.4 Å². The van der Waals surface area contributed by atoms with Gasteiger partial charge in [0.2, 0.25) is 0 Å². The molecule has 0 spiro atoms. The molecule has 2 aliphatic rings.